The predicted molar refractivity (Wildman–Crippen MR) is 78.0 cm³/mol. The van der Waals surface area contributed by atoms with Gasteiger partial charge in [0.1, 0.15) is 5.76 Å². The van der Waals surface area contributed by atoms with Crippen LogP contribution >= 0.6 is 15.9 Å². The molecule has 0 aliphatic heterocycles. The van der Waals surface area contributed by atoms with Crippen molar-refractivity contribution in [2.45, 2.75) is 26.8 Å². The summed E-state index contributed by atoms with van der Waals surface area (Å²) in [6.07, 6.45) is 0. The molecule has 1 N–H and O–H groups in total. The molecule has 0 saturated carbocycles. The van der Waals surface area contributed by atoms with Gasteiger partial charge < -0.3 is 9.73 Å². The molecule has 0 bridgehead atoms. The van der Waals surface area contributed by atoms with Crippen molar-refractivity contribution in [3.05, 3.63) is 56.9 Å². The van der Waals surface area contributed by atoms with Crippen molar-refractivity contribution in [2.75, 3.05) is 7.05 Å². The Morgan fingerprint density at radius 1 is 1.06 bits per heavy atom. The van der Waals surface area contributed by atoms with Crippen molar-refractivity contribution < 1.29 is 4.42 Å². The summed E-state index contributed by atoms with van der Waals surface area (Å²) in [6.45, 7) is 6.43. The zero-order valence-electron chi connectivity index (χ0n) is 11.2. The summed E-state index contributed by atoms with van der Waals surface area (Å²) in [5.41, 5.74) is 5.18. The molecule has 2 aromatic rings. The molecule has 0 spiro atoms. The maximum absolute atomic E-state index is 5.67. The second-order valence-electron chi connectivity index (χ2n) is 4.66. The Balaban J connectivity index is 2.48. The van der Waals surface area contributed by atoms with Gasteiger partial charge in [-0.2, -0.15) is 0 Å². The molecular weight excluding hydrogens is 290 g/mol. The van der Waals surface area contributed by atoms with E-state index in [9.17, 15) is 0 Å². The summed E-state index contributed by atoms with van der Waals surface area (Å²) in [5, 5.41) is 3.32. The second kappa shape index (κ2) is 5.29. The Kier molecular flexibility index (Phi) is 3.93. The molecule has 3 heteroatoms. The van der Waals surface area contributed by atoms with Gasteiger partial charge in [0.2, 0.25) is 0 Å². The first-order chi connectivity index (χ1) is 8.52. The fraction of sp³-hybridized carbons (Fsp3) is 0.333. The van der Waals surface area contributed by atoms with E-state index in [0.717, 1.165) is 10.4 Å². The van der Waals surface area contributed by atoms with Gasteiger partial charge in [-0.25, -0.2) is 0 Å². The average molecular weight is 308 g/mol. The van der Waals surface area contributed by atoms with Crippen molar-refractivity contribution in [3.8, 4) is 0 Å². The van der Waals surface area contributed by atoms with E-state index in [0.29, 0.717) is 0 Å². The number of benzene rings is 1. The highest BCUT2D eigenvalue weighted by Crippen LogP contribution is 2.29. The molecule has 1 heterocycles. The third-order valence-corrected chi connectivity index (χ3v) is 3.79. The Bertz CT molecular complexity index is 560. The Labute approximate surface area is 117 Å². The third kappa shape index (κ3) is 2.52. The summed E-state index contributed by atoms with van der Waals surface area (Å²) in [4.78, 5) is 0. The fourth-order valence-corrected chi connectivity index (χ4v) is 2.55. The minimum atomic E-state index is 0.0931. The van der Waals surface area contributed by atoms with Crippen LogP contribution < -0.4 is 5.32 Å². The van der Waals surface area contributed by atoms with Gasteiger partial charge in [-0.1, -0.05) is 12.1 Å². The zero-order valence-corrected chi connectivity index (χ0v) is 12.8. The highest BCUT2D eigenvalue weighted by atomic mass is 79.9. The van der Waals surface area contributed by atoms with Crippen molar-refractivity contribution in [1.82, 2.24) is 5.32 Å². The number of hydrogen-bond donors (Lipinski definition) is 1. The monoisotopic (exact) mass is 307 g/mol. The van der Waals surface area contributed by atoms with Gasteiger partial charge in [-0.15, -0.1) is 0 Å². The molecule has 1 aromatic heterocycles. The van der Waals surface area contributed by atoms with E-state index < -0.39 is 0 Å². The quantitative estimate of drug-likeness (QED) is 0.915. The molecule has 0 aliphatic rings. The van der Waals surface area contributed by atoms with Crippen LogP contribution in [0.4, 0.5) is 0 Å². The first-order valence-electron chi connectivity index (χ1n) is 6.03. The fourth-order valence-electron chi connectivity index (χ4n) is 2.23. The van der Waals surface area contributed by atoms with Gasteiger partial charge >= 0.3 is 0 Å². The molecule has 1 aromatic carbocycles. The van der Waals surface area contributed by atoms with E-state index in [1.54, 1.807) is 0 Å². The van der Waals surface area contributed by atoms with Gasteiger partial charge in [-0.3, -0.25) is 0 Å². The molecule has 2 rings (SSSR count). The number of nitrogens with one attached hydrogen (secondary N) is 1. The lowest BCUT2D eigenvalue weighted by atomic mass is 9.94. The van der Waals surface area contributed by atoms with Crippen LogP contribution in [0.25, 0.3) is 0 Å². The van der Waals surface area contributed by atoms with E-state index in [-0.39, 0.29) is 6.04 Å². The van der Waals surface area contributed by atoms with Crippen molar-refractivity contribution >= 4 is 15.9 Å². The van der Waals surface area contributed by atoms with Gasteiger partial charge in [0, 0.05) is 0 Å². The largest absolute Gasteiger partial charge is 0.452 e. The molecule has 0 saturated heterocycles. The summed E-state index contributed by atoms with van der Waals surface area (Å²) in [7, 11) is 1.95. The summed E-state index contributed by atoms with van der Waals surface area (Å²) >= 11 is 3.35. The molecule has 0 aliphatic carbocycles. The van der Waals surface area contributed by atoms with Crippen LogP contribution in [0.5, 0.6) is 0 Å². The predicted octanol–water partition coefficient (Wildman–Crippen LogP) is 4.28. The average Bonchev–Trinajstić information content (AvgIpc) is 2.73. The lowest BCUT2D eigenvalue weighted by Gasteiger charge is -2.18. The lowest BCUT2D eigenvalue weighted by molar-refractivity contribution is 0.446. The number of furan rings is 1. The number of rotatable bonds is 3. The van der Waals surface area contributed by atoms with Crippen molar-refractivity contribution in [3.63, 3.8) is 0 Å². The Morgan fingerprint density at radius 3 is 2.28 bits per heavy atom. The maximum Gasteiger partial charge on any atom is 0.169 e. The molecule has 1 atom stereocenters. The Morgan fingerprint density at radius 2 is 1.72 bits per heavy atom. The highest BCUT2D eigenvalue weighted by molar-refractivity contribution is 9.10. The minimum absolute atomic E-state index is 0.0931. The topological polar surface area (TPSA) is 25.2 Å². The maximum atomic E-state index is 5.67. The molecule has 96 valence electrons. The Hall–Kier alpha value is -1.06. The lowest BCUT2D eigenvalue weighted by Crippen LogP contribution is -2.18. The van der Waals surface area contributed by atoms with E-state index in [1.165, 1.54) is 22.3 Å². The number of halogens is 1. The number of hydrogen-bond acceptors (Lipinski definition) is 2. The van der Waals surface area contributed by atoms with Crippen LogP contribution in [-0.4, -0.2) is 7.05 Å². The molecule has 0 radical (unpaired) electrons. The van der Waals surface area contributed by atoms with Crippen LogP contribution in [0, 0.1) is 20.8 Å². The van der Waals surface area contributed by atoms with Crippen LogP contribution in [0.2, 0.25) is 0 Å². The summed E-state index contributed by atoms with van der Waals surface area (Å²) < 4.78 is 6.43. The highest BCUT2D eigenvalue weighted by Gasteiger charge is 2.18. The normalized spacial score (nSPS) is 12.7. The SMILES string of the molecule is CNC(c1ccc(Br)o1)c1cc(C)c(C)cc1C. The van der Waals surface area contributed by atoms with E-state index in [4.69, 9.17) is 4.42 Å². The third-order valence-electron chi connectivity index (χ3n) is 3.36. The smallest absolute Gasteiger partial charge is 0.169 e. The van der Waals surface area contributed by atoms with Gasteiger partial charge in [0.15, 0.2) is 4.67 Å². The molecule has 1 unspecified atom stereocenters. The number of aryl methyl sites for hydroxylation is 3. The molecule has 0 amide bonds. The van der Waals surface area contributed by atoms with Crippen LogP contribution in [0.1, 0.15) is 34.1 Å². The van der Waals surface area contributed by atoms with E-state index in [1.807, 2.05) is 19.2 Å². The van der Waals surface area contributed by atoms with Gasteiger partial charge in [0.25, 0.3) is 0 Å². The molecule has 2 nitrogen and oxygen atoms in total. The van der Waals surface area contributed by atoms with Crippen molar-refractivity contribution in [2.24, 2.45) is 0 Å². The molecule has 0 fully saturated rings. The first-order valence-corrected chi connectivity index (χ1v) is 6.82. The van der Waals surface area contributed by atoms with Crippen LogP contribution in [0.3, 0.4) is 0 Å². The molecule has 18 heavy (non-hydrogen) atoms. The van der Waals surface area contributed by atoms with Gasteiger partial charge in [-0.05, 0) is 78.1 Å². The van der Waals surface area contributed by atoms with Crippen LogP contribution in [0.15, 0.2) is 33.4 Å². The summed E-state index contributed by atoms with van der Waals surface area (Å²) in [5.74, 6) is 0.927. The first kappa shape index (κ1) is 13.4. The van der Waals surface area contributed by atoms with Gasteiger partial charge in [0.05, 0.1) is 6.04 Å². The minimum Gasteiger partial charge on any atom is -0.452 e. The van der Waals surface area contributed by atoms with Crippen molar-refractivity contribution in [1.29, 1.82) is 0 Å². The zero-order chi connectivity index (χ0) is 13.3. The standard InChI is InChI=1S/C15H18BrNO/c1-9-7-11(3)12(8-10(9)2)15(17-4)13-5-6-14(16)18-13/h5-8,15,17H,1-4H3. The second-order valence-corrected chi connectivity index (χ2v) is 5.44. The van der Waals surface area contributed by atoms with E-state index >= 15 is 0 Å². The molecular formula is C15H18BrNO. The van der Waals surface area contributed by atoms with Crippen LogP contribution in [-0.2, 0) is 0 Å². The summed E-state index contributed by atoms with van der Waals surface area (Å²) in [6, 6.07) is 8.49. The van der Waals surface area contributed by atoms with E-state index in [2.05, 4.69) is 54.2 Å².